The fourth-order valence-electron chi connectivity index (χ4n) is 5.63. The molecule has 8 nitrogen and oxygen atoms in total. The molecule has 3 N–H and O–H groups in total. The summed E-state index contributed by atoms with van der Waals surface area (Å²) in [5, 5.41) is 14.3. The van der Waals surface area contributed by atoms with Gasteiger partial charge < -0.3 is 15.4 Å². The lowest BCUT2D eigenvalue weighted by atomic mass is 9.61. The summed E-state index contributed by atoms with van der Waals surface area (Å²) < 4.78 is 0. The second-order valence-electron chi connectivity index (χ2n) is 9.02. The normalized spacial score (nSPS) is 24.1. The second kappa shape index (κ2) is 7.95. The predicted molar refractivity (Wildman–Crippen MR) is 124 cm³/mol. The number of carbonyl (C=O) groups is 1. The number of hydrogen-bond acceptors (Lipinski definition) is 6. The quantitative estimate of drug-likeness (QED) is 0.421. The highest BCUT2D eigenvalue weighted by atomic mass is 16.4. The van der Waals surface area contributed by atoms with Crippen LogP contribution in [0.3, 0.4) is 0 Å². The molecule has 3 aliphatic carbocycles. The van der Waals surface area contributed by atoms with Crippen molar-refractivity contribution in [1.82, 2.24) is 24.9 Å². The summed E-state index contributed by atoms with van der Waals surface area (Å²) in [6, 6.07) is 11.7. The Balaban J connectivity index is 1.45. The van der Waals surface area contributed by atoms with Gasteiger partial charge in [-0.25, -0.2) is 19.9 Å². The Kier molecular flexibility index (Phi) is 4.78. The molecule has 1 aromatic carbocycles. The van der Waals surface area contributed by atoms with Crippen LogP contribution in [0, 0.1) is 17.8 Å². The fourth-order valence-corrected chi connectivity index (χ4v) is 5.63. The molecule has 3 fully saturated rings. The minimum absolute atomic E-state index is 0.132. The van der Waals surface area contributed by atoms with Crippen LogP contribution in [-0.2, 0) is 4.79 Å². The molecule has 33 heavy (non-hydrogen) atoms. The van der Waals surface area contributed by atoms with E-state index in [2.05, 4.69) is 20.3 Å². The molecule has 0 spiro atoms. The molecule has 0 radical (unpaired) electrons. The van der Waals surface area contributed by atoms with Gasteiger partial charge in [0.2, 0.25) is 0 Å². The summed E-state index contributed by atoms with van der Waals surface area (Å²) in [4.78, 5) is 33.4. The Morgan fingerprint density at radius 2 is 1.85 bits per heavy atom. The van der Waals surface area contributed by atoms with Crippen molar-refractivity contribution >= 4 is 22.8 Å². The molecule has 2 bridgehead atoms. The predicted octanol–water partition coefficient (Wildman–Crippen LogP) is 4.38. The summed E-state index contributed by atoms with van der Waals surface area (Å²) >= 11 is 0. The molecule has 7 rings (SSSR count). The van der Waals surface area contributed by atoms with Gasteiger partial charge in [-0.05, 0) is 37.5 Å². The van der Waals surface area contributed by atoms with Gasteiger partial charge in [-0.1, -0.05) is 30.3 Å². The number of aliphatic carboxylic acids is 1. The zero-order chi connectivity index (χ0) is 22.4. The second-order valence-corrected chi connectivity index (χ2v) is 9.02. The number of aromatic amines is 1. The third kappa shape index (κ3) is 3.51. The Hall–Kier alpha value is -3.81. The number of carboxylic acids is 1. The molecule has 8 heteroatoms. The van der Waals surface area contributed by atoms with E-state index in [1.165, 1.54) is 6.33 Å². The first-order valence-electron chi connectivity index (χ1n) is 11.4. The van der Waals surface area contributed by atoms with Gasteiger partial charge in [0, 0.05) is 41.0 Å². The molecule has 3 aromatic heterocycles. The molecular weight excluding hydrogens is 416 g/mol. The summed E-state index contributed by atoms with van der Waals surface area (Å²) in [6.07, 6.45) is 9.22. The number of anilines is 1. The van der Waals surface area contributed by atoms with Crippen molar-refractivity contribution in [2.24, 2.45) is 17.8 Å². The van der Waals surface area contributed by atoms with Gasteiger partial charge in [0.15, 0.2) is 5.82 Å². The average molecular weight is 441 g/mol. The first-order valence-corrected chi connectivity index (χ1v) is 11.4. The summed E-state index contributed by atoms with van der Waals surface area (Å²) in [5.41, 5.74) is 3.28. The van der Waals surface area contributed by atoms with Crippen LogP contribution in [-0.4, -0.2) is 42.0 Å². The van der Waals surface area contributed by atoms with Gasteiger partial charge in [0.05, 0.1) is 11.6 Å². The van der Waals surface area contributed by atoms with Gasteiger partial charge in [-0.3, -0.25) is 4.79 Å². The number of rotatable bonds is 5. The standard InChI is InChI=1S/C25H24N6O2/c32-25(33)21-15-6-8-16(9-7-15)22(21)30-20-10-19(14-4-2-1-3-5-14)29-24(31-20)18-12-27-23-17(18)11-26-13-28-23/h1-5,10-13,15-16,21-22H,6-9H2,(H,32,33)(H,26,27,28)(H,29,30,31). The summed E-state index contributed by atoms with van der Waals surface area (Å²) in [6.45, 7) is 0. The zero-order valence-electron chi connectivity index (χ0n) is 18.0. The van der Waals surface area contributed by atoms with Gasteiger partial charge in [0.1, 0.15) is 17.8 Å². The molecule has 3 saturated carbocycles. The minimum atomic E-state index is -0.715. The van der Waals surface area contributed by atoms with Crippen molar-refractivity contribution in [2.75, 3.05) is 5.32 Å². The monoisotopic (exact) mass is 440 g/mol. The highest BCUT2D eigenvalue weighted by Gasteiger charge is 2.47. The third-order valence-electron chi connectivity index (χ3n) is 7.21. The van der Waals surface area contributed by atoms with E-state index < -0.39 is 11.9 Å². The van der Waals surface area contributed by atoms with Gasteiger partial charge in [0.25, 0.3) is 0 Å². The minimum Gasteiger partial charge on any atom is -0.481 e. The lowest BCUT2D eigenvalue weighted by molar-refractivity contribution is -0.148. The van der Waals surface area contributed by atoms with Gasteiger partial charge >= 0.3 is 5.97 Å². The van der Waals surface area contributed by atoms with Crippen LogP contribution in [0.5, 0.6) is 0 Å². The summed E-state index contributed by atoms with van der Waals surface area (Å²) in [5.74, 6) is 0.661. The Morgan fingerprint density at radius 3 is 2.64 bits per heavy atom. The lowest BCUT2D eigenvalue weighted by Gasteiger charge is -2.47. The number of benzene rings is 1. The Morgan fingerprint density at radius 1 is 1.06 bits per heavy atom. The number of nitrogens with zero attached hydrogens (tertiary/aromatic N) is 4. The SMILES string of the molecule is O=C(O)C1C2CCC(CC2)C1Nc1cc(-c2ccccc2)nc(-c2c[nH]c3ncncc23)n1. The van der Waals surface area contributed by atoms with Crippen LogP contribution >= 0.6 is 0 Å². The zero-order valence-corrected chi connectivity index (χ0v) is 18.0. The number of hydrogen-bond donors (Lipinski definition) is 3. The van der Waals surface area contributed by atoms with Crippen molar-refractivity contribution in [1.29, 1.82) is 0 Å². The van der Waals surface area contributed by atoms with E-state index >= 15 is 0 Å². The van der Waals surface area contributed by atoms with E-state index in [1.807, 2.05) is 42.6 Å². The van der Waals surface area contributed by atoms with Crippen LogP contribution < -0.4 is 5.32 Å². The highest BCUT2D eigenvalue weighted by molar-refractivity contribution is 5.91. The maximum atomic E-state index is 12.1. The first-order chi connectivity index (χ1) is 16.2. The molecule has 0 amide bonds. The van der Waals surface area contributed by atoms with Crippen molar-refractivity contribution < 1.29 is 9.90 Å². The first kappa shape index (κ1) is 19.8. The molecular formula is C25H24N6O2. The van der Waals surface area contributed by atoms with Crippen molar-refractivity contribution in [3.05, 3.63) is 55.1 Å². The molecule has 4 aromatic rings. The number of aromatic nitrogens is 5. The molecule has 2 unspecified atom stereocenters. The molecule has 3 heterocycles. The molecule has 2 atom stereocenters. The molecule has 0 aliphatic heterocycles. The van der Waals surface area contributed by atoms with E-state index in [0.717, 1.165) is 53.5 Å². The average Bonchev–Trinajstić information content (AvgIpc) is 3.29. The number of H-pyrrole nitrogens is 1. The third-order valence-corrected chi connectivity index (χ3v) is 7.21. The largest absolute Gasteiger partial charge is 0.481 e. The molecule has 0 saturated heterocycles. The highest BCUT2D eigenvalue weighted by Crippen LogP contribution is 2.46. The maximum absolute atomic E-state index is 12.1. The van der Waals surface area contributed by atoms with E-state index in [9.17, 15) is 9.90 Å². The topological polar surface area (TPSA) is 117 Å². The van der Waals surface area contributed by atoms with Crippen molar-refractivity contribution in [2.45, 2.75) is 31.7 Å². The van der Waals surface area contributed by atoms with E-state index in [-0.39, 0.29) is 12.0 Å². The maximum Gasteiger partial charge on any atom is 0.308 e. The van der Waals surface area contributed by atoms with E-state index in [4.69, 9.17) is 9.97 Å². The van der Waals surface area contributed by atoms with Crippen molar-refractivity contribution in [3.8, 4) is 22.6 Å². The van der Waals surface area contributed by atoms with Crippen LogP contribution in [0.15, 0.2) is 55.1 Å². The lowest BCUT2D eigenvalue weighted by Crippen LogP contribution is -2.51. The fraction of sp³-hybridized carbons (Fsp3) is 0.320. The van der Waals surface area contributed by atoms with Crippen LogP contribution in [0.25, 0.3) is 33.7 Å². The van der Waals surface area contributed by atoms with Crippen LogP contribution in [0.4, 0.5) is 5.82 Å². The molecule has 166 valence electrons. The summed E-state index contributed by atoms with van der Waals surface area (Å²) in [7, 11) is 0. The smallest absolute Gasteiger partial charge is 0.308 e. The number of carboxylic acid groups (broad SMARTS) is 1. The Bertz CT molecular complexity index is 1310. The van der Waals surface area contributed by atoms with Crippen LogP contribution in [0.1, 0.15) is 25.7 Å². The van der Waals surface area contributed by atoms with Crippen LogP contribution in [0.2, 0.25) is 0 Å². The van der Waals surface area contributed by atoms with Gasteiger partial charge in [-0.2, -0.15) is 0 Å². The number of nitrogens with one attached hydrogen (secondary N) is 2. The Labute approximate surface area is 190 Å². The molecule has 3 aliphatic rings. The van der Waals surface area contributed by atoms with E-state index in [1.54, 1.807) is 6.20 Å². The number of fused-ring (bicyclic) bond motifs is 4. The van der Waals surface area contributed by atoms with Gasteiger partial charge in [-0.15, -0.1) is 0 Å². The van der Waals surface area contributed by atoms with Crippen molar-refractivity contribution in [3.63, 3.8) is 0 Å². The van der Waals surface area contributed by atoms with E-state index in [0.29, 0.717) is 17.6 Å².